The minimum absolute atomic E-state index is 0.151. The van der Waals surface area contributed by atoms with E-state index in [1.807, 2.05) is 0 Å². The summed E-state index contributed by atoms with van der Waals surface area (Å²) in [5.41, 5.74) is -1.46. The molecule has 0 spiro atoms. The normalized spacial score (nSPS) is 30.2. The lowest BCUT2D eigenvalue weighted by Crippen LogP contribution is -2.38. The maximum atomic E-state index is 15.2. The molecule has 2 nitrogen and oxygen atoms in total. The Morgan fingerprint density at radius 3 is 1.97 bits per heavy atom. The number of halogens is 3. The first kappa shape index (κ1) is 22.3. The van der Waals surface area contributed by atoms with Gasteiger partial charge in [-0.05, 0) is 75.3 Å². The molecule has 0 amide bonds. The summed E-state index contributed by atoms with van der Waals surface area (Å²) in [5.74, 6) is -0.386. The lowest BCUT2D eigenvalue weighted by molar-refractivity contribution is 0.0151. The van der Waals surface area contributed by atoms with E-state index in [-0.39, 0.29) is 24.7 Å². The molecule has 2 saturated carbocycles. The number of rotatable bonds is 8. The van der Waals surface area contributed by atoms with Crippen LogP contribution in [-0.2, 0) is 0 Å². The summed E-state index contributed by atoms with van der Waals surface area (Å²) in [6.45, 7) is 3.96. The molecule has 0 saturated heterocycles. The van der Waals surface area contributed by atoms with Crippen LogP contribution in [0.5, 0.6) is 11.5 Å². The van der Waals surface area contributed by atoms with E-state index in [1.54, 1.807) is 6.92 Å². The Balaban J connectivity index is 1.48. The summed E-state index contributed by atoms with van der Waals surface area (Å²) in [5, 5.41) is 0. The van der Waals surface area contributed by atoms with Crippen molar-refractivity contribution >= 4 is 0 Å². The maximum absolute atomic E-state index is 15.2. The Hall–Kier alpha value is -1.39. The van der Waals surface area contributed by atoms with Gasteiger partial charge < -0.3 is 9.47 Å². The van der Waals surface area contributed by atoms with Crippen LogP contribution in [0.3, 0.4) is 0 Å². The van der Waals surface area contributed by atoms with Crippen LogP contribution in [0.15, 0.2) is 12.1 Å². The summed E-state index contributed by atoms with van der Waals surface area (Å²) in [6.07, 6.45) is 10.4. The second-order valence-corrected chi connectivity index (χ2v) is 8.97. The van der Waals surface area contributed by atoms with Gasteiger partial charge in [-0.15, -0.1) is 0 Å². The van der Waals surface area contributed by atoms with Crippen molar-refractivity contribution in [2.45, 2.75) is 83.7 Å². The predicted molar refractivity (Wildman–Crippen MR) is 109 cm³/mol. The van der Waals surface area contributed by atoms with Crippen LogP contribution in [0, 0.1) is 29.4 Å². The highest BCUT2D eigenvalue weighted by molar-refractivity contribution is 5.35. The molecule has 2 aliphatic carbocycles. The zero-order valence-corrected chi connectivity index (χ0v) is 17.8. The van der Waals surface area contributed by atoms with Gasteiger partial charge in [-0.2, -0.15) is 8.78 Å². The van der Waals surface area contributed by atoms with Crippen molar-refractivity contribution in [1.29, 1.82) is 0 Å². The van der Waals surface area contributed by atoms with E-state index >= 15 is 4.39 Å². The van der Waals surface area contributed by atoms with Gasteiger partial charge in [-0.3, -0.25) is 0 Å². The largest absolute Gasteiger partial charge is 0.491 e. The van der Waals surface area contributed by atoms with E-state index in [9.17, 15) is 8.78 Å². The van der Waals surface area contributed by atoms with Gasteiger partial charge in [0, 0.05) is 0 Å². The molecule has 2 fully saturated rings. The fourth-order valence-electron chi connectivity index (χ4n) is 5.23. The van der Waals surface area contributed by atoms with Gasteiger partial charge in [0.15, 0.2) is 11.5 Å². The van der Waals surface area contributed by atoms with Crippen molar-refractivity contribution in [2.75, 3.05) is 13.2 Å². The summed E-state index contributed by atoms with van der Waals surface area (Å²) < 4.78 is 53.8. The van der Waals surface area contributed by atoms with Gasteiger partial charge in [0.25, 0.3) is 0 Å². The molecule has 5 heteroatoms. The molecule has 0 radical (unpaired) electrons. The molecule has 1 aromatic rings. The van der Waals surface area contributed by atoms with Gasteiger partial charge in [-0.25, -0.2) is 4.39 Å². The van der Waals surface area contributed by atoms with Gasteiger partial charge >= 0.3 is 0 Å². The Morgan fingerprint density at radius 1 is 0.862 bits per heavy atom. The Labute approximate surface area is 173 Å². The lowest BCUT2D eigenvalue weighted by atomic mass is 9.68. The van der Waals surface area contributed by atoms with Crippen molar-refractivity contribution < 1.29 is 22.6 Å². The lowest BCUT2D eigenvalue weighted by Gasteiger charge is -2.40. The number of alkyl halides is 1. The molecule has 0 bridgehead atoms. The van der Waals surface area contributed by atoms with E-state index < -0.39 is 17.3 Å². The number of hydrogen-bond acceptors (Lipinski definition) is 2. The fourth-order valence-corrected chi connectivity index (χ4v) is 5.23. The topological polar surface area (TPSA) is 18.5 Å². The summed E-state index contributed by atoms with van der Waals surface area (Å²) in [4.78, 5) is 0. The molecule has 0 aromatic heterocycles. The molecule has 29 heavy (non-hydrogen) atoms. The SMILES string of the molecule is CCC[C@H]1CC[C@H]([C@H]2CC[C@](F)(COc3ccc(OCC)c(F)c3F)CC2)CC1. The van der Waals surface area contributed by atoms with Crippen molar-refractivity contribution in [3.05, 3.63) is 23.8 Å². The average Bonchev–Trinajstić information content (AvgIpc) is 2.73. The van der Waals surface area contributed by atoms with Crippen molar-refractivity contribution in [1.82, 2.24) is 0 Å². The highest BCUT2D eigenvalue weighted by Crippen LogP contribution is 2.44. The molecular weight excluding hydrogens is 377 g/mol. The van der Waals surface area contributed by atoms with Gasteiger partial charge in [0.2, 0.25) is 11.6 Å². The smallest absolute Gasteiger partial charge is 0.204 e. The van der Waals surface area contributed by atoms with Gasteiger partial charge in [-0.1, -0.05) is 32.6 Å². The van der Waals surface area contributed by atoms with Crippen molar-refractivity contribution in [3.8, 4) is 11.5 Å². The molecule has 0 atom stereocenters. The molecule has 0 aliphatic heterocycles. The van der Waals surface area contributed by atoms with Crippen LogP contribution in [0.4, 0.5) is 13.2 Å². The second kappa shape index (κ2) is 10.1. The van der Waals surface area contributed by atoms with E-state index in [1.165, 1.54) is 50.7 Å². The molecule has 3 rings (SSSR count). The van der Waals surface area contributed by atoms with E-state index in [2.05, 4.69) is 6.92 Å². The van der Waals surface area contributed by atoms with Crippen molar-refractivity contribution in [2.24, 2.45) is 17.8 Å². The third-order valence-electron chi connectivity index (χ3n) is 6.98. The third kappa shape index (κ3) is 5.61. The molecule has 164 valence electrons. The molecular formula is C24H35F3O2. The van der Waals surface area contributed by atoms with E-state index in [4.69, 9.17) is 9.47 Å². The monoisotopic (exact) mass is 412 g/mol. The Bertz CT molecular complexity index is 648. The minimum atomic E-state index is -1.46. The van der Waals surface area contributed by atoms with E-state index in [0.29, 0.717) is 18.8 Å². The van der Waals surface area contributed by atoms with Gasteiger partial charge in [0.05, 0.1) is 6.61 Å². The molecule has 0 heterocycles. The number of hydrogen-bond donors (Lipinski definition) is 0. The molecule has 2 aliphatic rings. The Morgan fingerprint density at radius 2 is 1.41 bits per heavy atom. The third-order valence-corrected chi connectivity index (χ3v) is 6.98. The second-order valence-electron chi connectivity index (χ2n) is 8.97. The fraction of sp³-hybridized carbons (Fsp3) is 0.750. The minimum Gasteiger partial charge on any atom is -0.491 e. The highest BCUT2D eigenvalue weighted by atomic mass is 19.2. The quantitative estimate of drug-likeness (QED) is 0.448. The van der Waals surface area contributed by atoms with Crippen LogP contribution < -0.4 is 9.47 Å². The first-order chi connectivity index (χ1) is 14.0. The average molecular weight is 413 g/mol. The molecule has 0 N–H and O–H groups in total. The number of ether oxygens (including phenoxy) is 2. The zero-order valence-electron chi connectivity index (χ0n) is 17.8. The van der Waals surface area contributed by atoms with Crippen LogP contribution >= 0.6 is 0 Å². The van der Waals surface area contributed by atoms with Gasteiger partial charge in [0.1, 0.15) is 12.3 Å². The van der Waals surface area contributed by atoms with Crippen LogP contribution in [0.1, 0.15) is 78.1 Å². The molecule has 0 unspecified atom stereocenters. The maximum Gasteiger partial charge on any atom is 0.204 e. The zero-order chi connectivity index (χ0) is 20.9. The first-order valence-electron chi connectivity index (χ1n) is 11.4. The summed E-state index contributed by atoms with van der Waals surface area (Å²) >= 11 is 0. The summed E-state index contributed by atoms with van der Waals surface area (Å²) in [7, 11) is 0. The Kier molecular flexibility index (Phi) is 7.75. The van der Waals surface area contributed by atoms with Crippen LogP contribution in [0.25, 0.3) is 0 Å². The summed E-state index contributed by atoms with van der Waals surface area (Å²) in [6, 6.07) is 2.64. The molecule has 1 aromatic carbocycles. The highest BCUT2D eigenvalue weighted by Gasteiger charge is 2.39. The number of benzene rings is 1. The van der Waals surface area contributed by atoms with Crippen LogP contribution in [0.2, 0.25) is 0 Å². The first-order valence-corrected chi connectivity index (χ1v) is 11.4. The van der Waals surface area contributed by atoms with E-state index in [0.717, 1.165) is 24.7 Å². The predicted octanol–water partition coefficient (Wildman–Crippen LogP) is 7.25. The van der Waals surface area contributed by atoms with Crippen LogP contribution in [-0.4, -0.2) is 18.9 Å². The standard InChI is InChI=1S/C24H35F3O2/c1-3-5-17-6-8-18(9-7-17)19-12-14-24(27,15-13-19)16-29-21-11-10-20(28-4-2)22(25)23(21)26/h10-11,17-19H,3-9,12-16H2,1-2H3/t17-,18-,19-,24+. The van der Waals surface area contributed by atoms with Crippen molar-refractivity contribution in [3.63, 3.8) is 0 Å².